The first kappa shape index (κ1) is 15.1. The van der Waals surface area contributed by atoms with Crippen LogP contribution in [0.2, 0.25) is 0 Å². The second-order valence-corrected chi connectivity index (χ2v) is 4.70. The van der Waals surface area contributed by atoms with Crippen LogP contribution >= 0.6 is 0 Å². The molecule has 0 spiro atoms. The molecular weight excluding hydrogens is 268 g/mol. The van der Waals surface area contributed by atoms with Gasteiger partial charge in [-0.15, -0.1) is 0 Å². The lowest BCUT2D eigenvalue weighted by Crippen LogP contribution is -2.14. The molecule has 0 fully saturated rings. The van der Waals surface area contributed by atoms with E-state index in [9.17, 15) is 4.79 Å². The Morgan fingerprint density at radius 2 is 2.29 bits per heavy atom. The first-order chi connectivity index (χ1) is 10.2. The molecule has 6 nitrogen and oxygen atoms in total. The van der Waals surface area contributed by atoms with Gasteiger partial charge in [0.15, 0.2) is 0 Å². The minimum Gasteiger partial charge on any atom is -0.497 e. The Labute approximate surface area is 123 Å². The summed E-state index contributed by atoms with van der Waals surface area (Å²) >= 11 is 0. The van der Waals surface area contributed by atoms with Gasteiger partial charge >= 0.3 is 0 Å². The van der Waals surface area contributed by atoms with Crippen molar-refractivity contribution < 1.29 is 9.53 Å². The zero-order valence-electron chi connectivity index (χ0n) is 12.3. The summed E-state index contributed by atoms with van der Waals surface area (Å²) in [5.41, 5.74) is 7.58. The molecule has 0 saturated carbocycles. The van der Waals surface area contributed by atoms with E-state index in [-0.39, 0.29) is 5.91 Å². The Hall–Kier alpha value is -2.34. The van der Waals surface area contributed by atoms with Crippen LogP contribution in [-0.4, -0.2) is 29.3 Å². The molecule has 0 atom stereocenters. The van der Waals surface area contributed by atoms with Crippen LogP contribution in [0.5, 0.6) is 5.75 Å². The number of carbonyl (C=O) groups is 1. The van der Waals surface area contributed by atoms with Crippen LogP contribution in [0.1, 0.15) is 22.5 Å². The summed E-state index contributed by atoms with van der Waals surface area (Å²) in [7, 11) is 1.59. The Morgan fingerprint density at radius 1 is 1.48 bits per heavy atom. The molecule has 1 amide bonds. The molecule has 0 radical (unpaired) electrons. The van der Waals surface area contributed by atoms with Gasteiger partial charge in [0, 0.05) is 24.0 Å². The third kappa shape index (κ3) is 3.61. The lowest BCUT2D eigenvalue weighted by molar-refractivity contribution is 0.102. The molecular formula is C15H20N4O2. The number of nitrogens with two attached hydrogens (primary N) is 1. The first-order valence-corrected chi connectivity index (χ1v) is 6.83. The second kappa shape index (κ2) is 6.90. The summed E-state index contributed by atoms with van der Waals surface area (Å²) in [5, 5.41) is 7.07. The van der Waals surface area contributed by atoms with Crippen molar-refractivity contribution in [1.29, 1.82) is 0 Å². The quantitative estimate of drug-likeness (QED) is 0.849. The molecule has 112 valence electrons. The van der Waals surface area contributed by atoms with Gasteiger partial charge in [0.25, 0.3) is 5.91 Å². The Kier molecular flexibility index (Phi) is 4.94. The molecule has 2 aromatic rings. The molecule has 3 N–H and O–H groups in total. The highest BCUT2D eigenvalue weighted by atomic mass is 16.5. The smallest absolute Gasteiger partial charge is 0.259 e. The molecule has 2 rings (SSSR count). The van der Waals surface area contributed by atoms with E-state index in [1.807, 2.05) is 25.1 Å². The molecule has 1 heterocycles. The van der Waals surface area contributed by atoms with E-state index in [2.05, 4.69) is 10.4 Å². The van der Waals surface area contributed by atoms with Gasteiger partial charge in [0.05, 0.1) is 18.9 Å². The van der Waals surface area contributed by atoms with Crippen LogP contribution in [-0.2, 0) is 6.54 Å². The van der Waals surface area contributed by atoms with Gasteiger partial charge in [-0.1, -0.05) is 6.07 Å². The van der Waals surface area contributed by atoms with Crippen molar-refractivity contribution in [2.45, 2.75) is 19.9 Å². The van der Waals surface area contributed by atoms with Crippen LogP contribution in [0.25, 0.3) is 0 Å². The Balaban J connectivity index is 2.11. The van der Waals surface area contributed by atoms with Gasteiger partial charge in [0.1, 0.15) is 5.75 Å². The predicted octanol–water partition coefficient (Wildman–Crippen LogP) is 1.80. The van der Waals surface area contributed by atoms with Gasteiger partial charge in [-0.3, -0.25) is 9.48 Å². The van der Waals surface area contributed by atoms with Crippen LogP contribution < -0.4 is 15.8 Å². The highest BCUT2D eigenvalue weighted by molar-refractivity contribution is 6.04. The number of ether oxygens (including phenoxy) is 1. The fourth-order valence-electron chi connectivity index (χ4n) is 2.04. The molecule has 0 unspecified atom stereocenters. The van der Waals surface area contributed by atoms with Crippen LogP contribution in [0.3, 0.4) is 0 Å². The molecule has 0 saturated heterocycles. The van der Waals surface area contributed by atoms with E-state index in [1.165, 1.54) is 0 Å². The van der Waals surface area contributed by atoms with E-state index < -0.39 is 0 Å². The van der Waals surface area contributed by atoms with Crippen molar-refractivity contribution in [3.8, 4) is 5.75 Å². The normalized spacial score (nSPS) is 10.4. The van der Waals surface area contributed by atoms with Gasteiger partial charge in [-0.2, -0.15) is 5.10 Å². The number of anilines is 1. The summed E-state index contributed by atoms with van der Waals surface area (Å²) in [6.45, 7) is 3.20. The Bertz CT molecular complexity index is 622. The number of nitrogens with one attached hydrogen (secondary N) is 1. The van der Waals surface area contributed by atoms with Crippen molar-refractivity contribution in [3.63, 3.8) is 0 Å². The highest BCUT2D eigenvalue weighted by Crippen LogP contribution is 2.18. The number of aromatic nitrogens is 2. The van der Waals surface area contributed by atoms with Crippen molar-refractivity contribution in [1.82, 2.24) is 9.78 Å². The van der Waals surface area contributed by atoms with E-state index in [0.717, 1.165) is 18.7 Å². The summed E-state index contributed by atoms with van der Waals surface area (Å²) in [4.78, 5) is 12.3. The van der Waals surface area contributed by atoms with Crippen LogP contribution in [0.15, 0.2) is 30.5 Å². The summed E-state index contributed by atoms with van der Waals surface area (Å²) < 4.78 is 6.93. The molecule has 6 heteroatoms. The molecule has 1 aromatic heterocycles. The molecule has 0 aliphatic carbocycles. The number of hydrogen-bond donors (Lipinski definition) is 2. The largest absolute Gasteiger partial charge is 0.497 e. The van der Waals surface area contributed by atoms with Gasteiger partial charge in [-0.05, 0) is 32.0 Å². The lowest BCUT2D eigenvalue weighted by atomic mass is 10.2. The maximum atomic E-state index is 12.3. The molecule has 1 aromatic carbocycles. The number of nitrogens with zero attached hydrogens (tertiary/aromatic N) is 2. The third-order valence-electron chi connectivity index (χ3n) is 3.25. The fourth-order valence-corrected chi connectivity index (χ4v) is 2.04. The molecule has 0 aliphatic rings. The standard InChI is InChI=1S/C15H20N4O2/c1-11-14(10-17-19(11)8-4-7-16)15(20)18-12-5-3-6-13(9-12)21-2/h3,5-6,9-10H,4,7-8,16H2,1-2H3,(H,18,20). The number of hydrogen-bond acceptors (Lipinski definition) is 4. The molecule has 0 aliphatic heterocycles. The predicted molar refractivity (Wildman–Crippen MR) is 81.6 cm³/mol. The zero-order chi connectivity index (χ0) is 15.2. The number of carbonyl (C=O) groups excluding carboxylic acids is 1. The third-order valence-corrected chi connectivity index (χ3v) is 3.25. The number of methoxy groups -OCH3 is 1. The summed E-state index contributed by atoms with van der Waals surface area (Å²) in [5.74, 6) is 0.517. The van der Waals surface area contributed by atoms with Crippen molar-refractivity contribution in [2.75, 3.05) is 19.0 Å². The van der Waals surface area contributed by atoms with E-state index in [0.29, 0.717) is 23.5 Å². The lowest BCUT2D eigenvalue weighted by Gasteiger charge is -2.07. The average molecular weight is 288 g/mol. The number of amides is 1. The van der Waals surface area contributed by atoms with E-state index >= 15 is 0 Å². The number of rotatable bonds is 6. The topological polar surface area (TPSA) is 82.2 Å². The molecule has 21 heavy (non-hydrogen) atoms. The average Bonchev–Trinajstić information content (AvgIpc) is 2.86. The van der Waals surface area contributed by atoms with Crippen LogP contribution in [0, 0.1) is 6.92 Å². The first-order valence-electron chi connectivity index (χ1n) is 6.83. The minimum absolute atomic E-state index is 0.181. The number of benzene rings is 1. The van der Waals surface area contributed by atoms with Gasteiger partial charge in [-0.25, -0.2) is 0 Å². The molecule has 0 bridgehead atoms. The second-order valence-electron chi connectivity index (χ2n) is 4.70. The van der Waals surface area contributed by atoms with Crippen molar-refractivity contribution in [3.05, 3.63) is 41.7 Å². The van der Waals surface area contributed by atoms with Gasteiger partial charge in [0.2, 0.25) is 0 Å². The zero-order valence-corrected chi connectivity index (χ0v) is 12.3. The summed E-state index contributed by atoms with van der Waals surface area (Å²) in [6, 6.07) is 7.23. The minimum atomic E-state index is -0.181. The SMILES string of the molecule is COc1cccc(NC(=O)c2cnn(CCCN)c2C)c1. The monoisotopic (exact) mass is 288 g/mol. The van der Waals surface area contributed by atoms with Crippen molar-refractivity contribution >= 4 is 11.6 Å². The Morgan fingerprint density at radius 3 is 3.00 bits per heavy atom. The number of aryl methyl sites for hydroxylation is 1. The van der Waals surface area contributed by atoms with E-state index in [1.54, 1.807) is 24.1 Å². The maximum Gasteiger partial charge on any atom is 0.259 e. The maximum absolute atomic E-state index is 12.3. The van der Waals surface area contributed by atoms with E-state index in [4.69, 9.17) is 10.5 Å². The fraction of sp³-hybridized carbons (Fsp3) is 0.333. The van der Waals surface area contributed by atoms with Gasteiger partial charge < -0.3 is 15.8 Å². The van der Waals surface area contributed by atoms with Crippen LogP contribution in [0.4, 0.5) is 5.69 Å². The van der Waals surface area contributed by atoms with Crippen molar-refractivity contribution in [2.24, 2.45) is 5.73 Å². The summed E-state index contributed by atoms with van der Waals surface area (Å²) in [6.07, 6.45) is 2.42. The highest BCUT2D eigenvalue weighted by Gasteiger charge is 2.14.